The maximum atomic E-state index is 6.05. The van der Waals surface area contributed by atoms with Crippen LogP contribution in [-0.2, 0) is 0 Å². The zero-order valence-corrected chi connectivity index (χ0v) is 8.30. The van der Waals surface area contributed by atoms with E-state index in [1.807, 2.05) is 7.05 Å². The van der Waals surface area contributed by atoms with Crippen LogP contribution < -0.4 is 5.73 Å². The molecule has 2 N–H and O–H groups in total. The van der Waals surface area contributed by atoms with Gasteiger partial charge in [0.2, 0.25) is 0 Å². The third kappa shape index (κ3) is 1.97. The molecule has 70 valence electrons. The molecule has 0 saturated carbocycles. The Kier molecular flexibility index (Phi) is 2.73. The lowest BCUT2D eigenvalue weighted by molar-refractivity contribution is 0.301. The molecule has 0 aromatic carbocycles. The van der Waals surface area contributed by atoms with Crippen molar-refractivity contribution in [2.24, 2.45) is 10.7 Å². The molecule has 12 heavy (non-hydrogen) atoms. The normalized spacial score (nSPS) is 34.3. The van der Waals surface area contributed by atoms with Crippen LogP contribution in [0.3, 0.4) is 0 Å². The van der Waals surface area contributed by atoms with Crippen molar-refractivity contribution in [3.8, 4) is 0 Å². The molecule has 0 aromatic heterocycles. The number of piperidine rings is 1. The third-order valence-electron chi connectivity index (χ3n) is 2.52. The van der Waals surface area contributed by atoms with Gasteiger partial charge in [-0.2, -0.15) is 0 Å². The van der Waals surface area contributed by atoms with Crippen LogP contribution in [0.25, 0.3) is 0 Å². The molecule has 0 aromatic rings. The van der Waals surface area contributed by atoms with Crippen LogP contribution in [0.2, 0.25) is 0 Å². The van der Waals surface area contributed by atoms with Crippen LogP contribution in [-0.4, -0.2) is 36.4 Å². The van der Waals surface area contributed by atoms with E-state index in [-0.39, 0.29) is 5.54 Å². The first-order chi connectivity index (χ1) is 5.59. The maximum Gasteiger partial charge on any atom is 0.100 e. The fraction of sp³-hybridized carbons (Fsp3) is 0.889. The third-order valence-corrected chi connectivity index (χ3v) is 2.52. The van der Waals surface area contributed by atoms with Crippen molar-refractivity contribution in [3.63, 3.8) is 0 Å². The Morgan fingerprint density at radius 3 is 2.83 bits per heavy atom. The lowest BCUT2D eigenvalue weighted by Crippen LogP contribution is -2.51. The Hall–Kier alpha value is -0.570. The van der Waals surface area contributed by atoms with E-state index in [9.17, 15) is 0 Å². The van der Waals surface area contributed by atoms with E-state index in [4.69, 9.17) is 5.73 Å². The van der Waals surface area contributed by atoms with Gasteiger partial charge < -0.3 is 10.6 Å². The lowest BCUT2D eigenvalue weighted by atomic mass is 9.90. The van der Waals surface area contributed by atoms with Gasteiger partial charge in [0.15, 0.2) is 0 Å². The molecule has 1 saturated heterocycles. The Morgan fingerprint density at radius 1 is 1.67 bits per heavy atom. The number of hydrogen-bond donors (Lipinski definition) is 1. The van der Waals surface area contributed by atoms with Gasteiger partial charge in [0.1, 0.15) is 5.84 Å². The molecule has 1 aliphatic heterocycles. The van der Waals surface area contributed by atoms with Crippen molar-refractivity contribution in [1.82, 2.24) is 4.90 Å². The number of nitrogens with two attached hydrogens (primary N) is 1. The van der Waals surface area contributed by atoms with Crippen molar-refractivity contribution in [3.05, 3.63) is 0 Å². The van der Waals surface area contributed by atoms with Crippen molar-refractivity contribution in [2.75, 3.05) is 20.1 Å². The van der Waals surface area contributed by atoms with Crippen LogP contribution in [0.15, 0.2) is 4.99 Å². The van der Waals surface area contributed by atoms with Crippen molar-refractivity contribution in [2.45, 2.75) is 32.2 Å². The smallest absolute Gasteiger partial charge is 0.100 e. The molecule has 1 atom stereocenters. The highest BCUT2D eigenvalue weighted by Crippen LogP contribution is 2.20. The number of nitrogens with zero attached hydrogens (tertiary/aromatic N) is 2. The molecule has 1 heterocycles. The summed E-state index contributed by atoms with van der Waals surface area (Å²) in [5, 5.41) is 0. The molecule has 0 spiro atoms. The molecule has 0 bridgehead atoms. The molecule has 1 fully saturated rings. The first-order valence-corrected chi connectivity index (χ1v) is 4.58. The fourth-order valence-electron chi connectivity index (χ4n) is 1.64. The summed E-state index contributed by atoms with van der Waals surface area (Å²) in [5.74, 6) is 1.16. The topological polar surface area (TPSA) is 41.6 Å². The van der Waals surface area contributed by atoms with Gasteiger partial charge in [-0.15, -0.1) is 0 Å². The average Bonchev–Trinajstić information content (AvgIpc) is 2.03. The number of aliphatic imine (C=N–C) groups is 1. The number of rotatable bonds is 1. The molecule has 0 amide bonds. The second kappa shape index (κ2) is 3.44. The van der Waals surface area contributed by atoms with E-state index in [1.54, 1.807) is 0 Å². The van der Waals surface area contributed by atoms with Crippen LogP contribution >= 0.6 is 0 Å². The fourth-order valence-corrected chi connectivity index (χ4v) is 1.64. The summed E-state index contributed by atoms with van der Waals surface area (Å²) >= 11 is 0. The quantitative estimate of drug-likeness (QED) is 0.632. The van der Waals surface area contributed by atoms with Gasteiger partial charge >= 0.3 is 0 Å². The molecular formula is C9H19N3. The summed E-state index contributed by atoms with van der Waals surface area (Å²) in [7, 11) is 1.85. The summed E-state index contributed by atoms with van der Waals surface area (Å²) in [5.41, 5.74) is 6.01. The second-order valence-electron chi connectivity index (χ2n) is 3.80. The maximum absolute atomic E-state index is 6.05. The van der Waals surface area contributed by atoms with Gasteiger partial charge in [0.25, 0.3) is 0 Å². The standard InChI is InChI=1S/C9H19N3/c1-4-12-6-5-9(2,10)7-8(12)11-3/h4-7,10H2,1-3H3. The van der Waals surface area contributed by atoms with Gasteiger partial charge in [0.05, 0.1) is 0 Å². The summed E-state index contributed by atoms with van der Waals surface area (Å²) < 4.78 is 0. The zero-order chi connectivity index (χ0) is 9.19. The van der Waals surface area contributed by atoms with Crippen LogP contribution in [0.1, 0.15) is 26.7 Å². The lowest BCUT2D eigenvalue weighted by Gasteiger charge is -2.38. The van der Waals surface area contributed by atoms with Crippen LogP contribution in [0.4, 0.5) is 0 Å². The van der Waals surface area contributed by atoms with Crippen LogP contribution in [0.5, 0.6) is 0 Å². The van der Waals surface area contributed by atoms with E-state index in [1.165, 1.54) is 0 Å². The van der Waals surface area contributed by atoms with Crippen LogP contribution in [0, 0.1) is 0 Å². The molecule has 0 aliphatic carbocycles. The second-order valence-corrected chi connectivity index (χ2v) is 3.80. The zero-order valence-electron chi connectivity index (χ0n) is 8.30. The minimum atomic E-state index is -0.0412. The highest BCUT2D eigenvalue weighted by molar-refractivity contribution is 5.84. The van der Waals surface area contributed by atoms with E-state index in [2.05, 4.69) is 23.7 Å². The number of amidine groups is 1. The van der Waals surface area contributed by atoms with E-state index in [0.717, 1.165) is 31.8 Å². The predicted molar refractivity (Wildman–Crippen MR) is 52.4 cm³/mol. The first-order valence-electron chi connectivity index (χ1n) is 4.58. The van der Waals surface area contributed by atoms with E-state index < -0.39 is 0 Å². The van der Waals surface area contributed by atoms with E-state index in [0.29, 0.717) is 0 Å². The molecule has 0 radical (unpaired) electrons. The Balaban J connectivity index is 2.67. The average molecular weight is 169 g/mol. The highest BCUT2D eigenvalue weighted by Gasteiger charge is 2.28. The van der Waals surface area contributed by atoms with Gasteiger partial charge in [-0.1, -0.05) is 0 Å². The SMILES string of the molecule is CCN1CCC(C)(N)CC1=NC. The number of hydrogen-bond acceptors (Lipinski definition) is 2. The highest BCUT2D eigenvalue weighted by atomic mass is 15.2. The molecule has 3 heteroatoms. The predicted octanol–water partition coefficient (Wildman–Crippen LogP) is 0.848. The molecule has 1 rings (SSSR count). The van der Waals surface area contributed by atoms with Gasteiger partial charge in [-0.25, -0.2) is 0 Å². The largest absolute Gasteiger partial charge is 0.361 e. The van der Waals surface area contributed by atoms with E-state index >= 15 is 0 Å². The first kappa shape index (κ1) is 9.52. The molecule has 1 unspecified atom stereocenters. The number of likely N-dealkylation sites (tertiary alicyclic amines) is 1. The Labute approximate surface area is 74.6 Å². The molecular weight excluding hydrogens is 150 g/mol. The summed E-state index contributed by atoms with van der Waals surface area (Å²) in [6.45, 7) is 6.36. The van der Waals surface area contributed by atoms with Crippen molar-refractivity contribution in [1.29, 1.82) is 0 Å². The Bertz CT molecular complexity index is 184. The summed E-state index contributed by atoms with van der Waals surface area (Å²) in [6.07, 6.45) is 1.98. The Morgan fingerprint density at radius 2 is 2.33 bits per heavy atom. The van der Waals surface area contributed by atoms with Crippen molar-refractivity contribution >= 4 is 5.84 Å². The van der Waals surface area contributed by atoms with Gasteiger partial charge in [-0.05, 0) is 20.3 Å². The molecule has 3 nitrogen and oxygen atoms in total. The van der Waals surface area contributed by atoms with Gasteiger partial charge in [0, 0.05) is 32.1 Å². The minimum absolute atomic E-state index is 0.0412. The van der Waals surface area contributed by atoms with Crippen molar-refractivity contribution < 1.29 is 0 Å². The van der Waals surface area contributed by atoms with Gasteiger partial charge in [-0.3, -0.25) is 4.99 Å². The molecule has 1 aliphatic rings. The summed E-state index contributed by atoms with van der Waals surface area (Å²) in [4.78, 5) is 6.56. The monoisotopic (exact) mass is 169 g/mol. The summed E-state index contributed by atoms with van der Waals surface area (Å²) in [6, 6.07) is 0. The minimum Gasteiger partial charge on any atom is -0.361 e.